The van der Waals surface area contributed by atoms with Crippen molar-refractivity contribution in [3.63, 3.8) is 0 Å². The van der Waals surface area contributed by atoms with E-state index in [1.54, 1.807) is 11.9 Å². The van der Waals surface area contributed by atoms with Gasteiger partial charge in [0, 0.05) is 26.2 Å². The first-order valence-corrected chi connectivity index (χ1v) is 7.55. The number of nitrogen functional groups attached to an aromatic ring is 1. The van der Waals surface area contributed by atoms with Crippen LogP contribution < -0.4 is 10.5 Å². The average Bonchev–Trinajstić information content (AvgIpc) is 2.56. The van der Waals surface area contributed by atoms with Gasteiger partial charge in [-0.05, 0) is 6.07 Å². The van der Waals surface area contributed by atoms with Crippen molar-refractivity contribution >= 4 is 41.5 Å². The maximum absolute atomic E-state index is 12.6. The Bertz CT molecular complexity index is 607. The topological polar surface area (TPSA) is 85.1 Å². The van der Waals surface area contributed by atoms with Crippen molar-refractivity contribution in [2.45, 2.75) is 0 Å². The van der Waals surface area contributed by atoms with Gasteiger partial charge in [-0.2, -0.15) is 0 Å². The molecule has 1 aromatic carbocycles. The van der Waals surface area contributed by atoms with Gasteiger partial charge in [-0.15, -0.1) is 12.4 Å². The lowest BCUT2D eigenvalue weighted by atomic mass is 10.1. The zero-order chi connectivity index (χ0) is 17.0. The first-order valence-electron chi connectivity index (χ1n) is 7.18. The number of ether oxygens (including phenoxy) is 2. The molecule has 0 saturated carbocycles. The molecule has 1 saturated heterocycles. The number of morpholine rings is 1. The third-order valence-corrected chi connectivity index (χ3v) is 3.96. The van der Waals surface area contributed by atoms with Gasteiger partial charge < -0.3 is 25.0 Å². The van der Waals surface area contributed by atoms with Gasteiger partial charge in [0.15, 0.2) is 0 Å². The number of carbonyl (C=O) groups is 2. The highest BCUT2D eigenvalue weighted by Crippen LogP contribution is 2.29. The highest BCUT2D eigenvalue weighted by atomic mass is 35.5. The molecule has 134 valence electrons. The highest BCUT2D eigenvalue weighted by molar-refractivity contribution is 6.33. The monoisotopic (exact) mass is 377 g/mol. The quantitative estimate of drug-likeness (QED) is 0.798. The fourth-order valence-corrected chi connectivity index (χ4v) is 2.46. The minimum absolute atomic E-state index is 0. The van der Waals surface area contributed by atoms with Gasteiger partial charge >= 0.3 is 0 Å². The van der Waals surface area contributed by atoms with Crippen molar-refractivity contribution < 1.29 is 19.1 Å². The molecule has 0 atom stereocenters. The Morgan fingerprint density at radius 2 is 2.00 bits per heavy atom. The number of rotatable bonds is 4. The molecule has 7 nitrogen and oxygen atoms in total. The van der Waals surface area contributed by atoms with Gasteiger partial charge in [-0.3, -0.25) is 9.59 Å². The predicted molar refractivity (Wildman–Crippen MR) is 94.0 cm³/mol. The Morgan fingerprint density at radius 1 is 1.38 bits per heavy atom. The van der Waals surface area contributed by atoms with Crippen LogP contribution in [0.25, 0.3) is 0 Å². The largest absolute Gasteiger partial charge is 0.496 e. The molecule has 0 aliphatic carbocycles. The second-order valence-corrected chi connectivity index (χ2v) is 5.64. The summed E-state index contributed by atoms with van der Waals surface area (Å²) >= 11 is 5.98. The Hall–Kier alpha value is -1.70. The fourth-order valence-electron chi connectivity index (χ4n) is 2.30. The summed E-state index contributed by atoms with van der Waals surface area (Å²) in [5, 5.41) is 0.266. The van der Waals surface area contributed by atoms with Crippen molar-refractivity contribution in [3.8, 4) is 5.75 Å². The van der Waals surface area contributed by atoms with Gasteiger partial charge in [-0.1, -0.05) is 11.6 Å². The molecular formula is C15H21Cl2N3O4. The summed E-state index contributed by atoms with van der Waals surface area (Å²) < 4.78 is 10.4. The number of likely N-dealkylation sites (N-methyl/N-ethyl adjacent to an activating group) is 1. The minimum Gasteiger partial charge on any atom is -0.496 e. The lowest BCUT2D eigenvalue weighted by Crippen LogP contribution is -2.46. The van der Waals surface area contributed by atoms with E-state index in [2.05, 4.69) is 0 Å². The standard InChI is InChI=1S/C15H20ClN3O4.ClH/c1-18(9-14(20)19-3-5-23-6-4-19)15(21)10-7-11(16)12(17)8-13(10)22-2;/h7-8H,3-6,9,17H2,1-2H3;1H. The summed E-state index contributed by atoms with van der Waals surface area (Å²) in [6, 6.07) is 2.95. The molecule has 1 aromatic rings. The van der Waals surface area contributed by atoms with Gasteiger partial charge in [0.25, 0.3) is 5.91 Å². The number of halogens is 2. The number of methoxy groups -OCH3 is 1. The molecule has 0 aromatic heterocycles. The zero-order valence-electron chi connectivity index (χ0n) is 13.6. The van der Waals surface area contributed by atoms with E-state index in [0.717, 1.165) is 0 Å². The van der Waals surface area contributed by atoms with Crippen LogP contribution in [0.15, 0.2) is 12.1 Å². The summed E-state index contributed by atoms with van der Waals surface area (Å²) in [7, 11) is 3.00. The molecule has 0 unspecified atom stereocenters. The Labute approximate surface area is 152 Å². The van der Waals surface area contributed by atoms with E-state index in [0.29, 0.717) is 37.7 Å². The molecule has 0 spiro atoms. The number of hydrogen-bond donors (Lipinski definition) is 1. The summed E-state index contributed by atoms with van der Waals surface area (Å²) in [6.07, 6.45) is 0. The van der Waals surface area contributed by atoms with Gasteiger partial charge in [-0.25, -0.2) is 0 Å². The second kappa shape index (κ2) is 8.96. The van der Waals surface area contributed by atoms with Gasteiger partial charge in [0.1, 0.15) is 5.75 Å². The van der Waals surface area contributed by atoms with E-state index in [1.165, 1.54) is 24.1 Å². The third-order valence-electron chi connectivity index (χ3n) is 3.63. The first kappa shape index (κ1) is 20.3. The average molecular weight is 378 g/mol. The normalized spacial score (nSPS) is 13.9. The van der Waals surface area contributed by atoms with Crippen LogP contribution >= 0.6 is 24.0 Å². The van der Waals surface area contributed by atoms with E-state index >= 15 is 0 Å². The molecule has 0 radical (unpaired) electrons. The highest BCUT2D eigenvalue weighted by Gasteiger charge is 2.23. The molecule has 24 heavy (non-hydrogen) atoms. The number of anilines is 1. The van der Waals surface area contributed by atoms with Crippen LogP contribution in [0.1, 0.15) is 10.4 Å². The van der Waals surface area contributed by atoms with Crippen LogP contribution in [-0.4, -0.2) is 68.6 Å². The van der Waals surface area contributed by atoms with E-state index < -0.39 is 0 Å². The molecular weight excluding hydrogens is 357 g/mol. The first-order chi connectivity index (χ1) is 10.9. The molecule has 2 amide bonds. The van der Waals surface area contributed by atoms with Crippen molar-refractivity contribution in [2.75, 3.05) is 52.7 Å². The van der Waals surface area contributed by atoms with E-state index in [4.69, 9.17) is 26.8 Å². The number of hydrogen-bond acceptors (Lipinski definition) is 5. The van der Waals surface area contributed by atoms with Gasteiger partial charge in [0.2, 0.25) is 5.91 Å². The van der Waals surface area contributed by atoms with Crippen molar-refractivity contribution in [3.05, 3.63) is 22.7 Å². The van der Waals surface area contributed by atoms with Crippen LogP contribution in [0.3, 0.4) is 0 Å². The summed E-state index contributed by atoms with van der Waals surface area (Å²) in [5.74, 6) is -0.155. The summed E-state index contributed by atoms with van der Waals surface area (Å²) in [4.78, 5) is 27.8. The van der Waals surface area contributed by atoms with Crippen LogP contribution in [0, 0.1) is 0 Å². The van der Waals surface area contributed by atoms with Gasteiger partial charge in [0.05, 0.1) is 43.1 Å². The number of benzene rings is 1. The number of nitrogens with zero attached hydrogens (tertiary/aromatic N) is 2. The lowest BCUT2D eigenvalue weighted by molar-refractivity contribution is -0.135. The second-order valence-electron chi connectivity index (χ2n) is 5.23. The zero-order valence-corrected chi connectivity index (χ0v) is 15.2. The molecule has 1 aliphatic rings. The SMILES string of the molecule is COc1cc(N)c(Cl)cc1C(=O)N(C)CC(=O)N1CCOCC1.Cl. The maximum atomic E-state index is 12.6. The molecule has 1 heterocycles. The summed E-state index contributed by atoms with van der Waals surface area (Å²) in [6.45, 7) is 2.09. The Kier molecular flexibility index (Phi) is 7.59. The summed E-state index contributed by atoms with van der Waals surface area (Å²) in [5.41, 5.74) is 6.30. The molecule has 1 aliphatic heterocycles. The molecule has 9 heteroatoms. The smallest absolute Gasteiger partial charge is 0.257 e. The fraction of sp³-hybridized carbons (Fsp3) is 0.467. The molecule has 2 rings (SSSR count). The van der Waals surface area contributed by atoms with E-state index in [-0.39, 0.29) is 41.4 Å². The Morgan fingerprint density at radius 3 is 2.58 bits per heavy atom. The Balaban J connectivity index is 0.00000288. The van der Waals surface area contributed by atoms with Crippen molar-refractivity contribution in [1.82, 2.24) is 9.80 Å². The lowest BCUT2D eigenvalue weighted by Gasteiger charge is -2.29. The van der Waals surface area contributed by atoms with Crippen LogP contribution in [0.2, 0.25) is 5.02 Å². The maximum Gasteiger partial charge on any atom is 0.257 e. The van der Waals surface area contributed by atoms with Crippen LogP contribution in [-0.2, 0) is 9.53 Å². The number of carbonyl (C=O) groups excluding carboxylic acids is 2. The molecule has 1 fully saturated rings. The van der Waals surface area contributed by atoms with Crippen molar-refractivity contribution in [1.29, 1.82) is 0 Å². The van der Waals surface area contributed by atoms with Crippen LogP contribution in [0.5, 0.6) is 5.75 Å². The number of nitrogens with two attached hydrogens (primary N) is 1. The molecule has 2 N–H and O–H groups in total. The molecule has 0 bridgehead atoms. The van der Waals surface area contributed by atoms with E-state index in [9.17, 15) is 9.59 Å². The van der Waals surface area contributed by atoms with Crippen molar-refractivity contribution in [2.24, 2.45) is 0 Å². The van der Waals surface area contributed by atoms with Crippen LogP contribution in [0.4, 0.5) is 5.69 Å². The van der Waals surface area contributed by atoms with E-state index in [1.807, 2.05) is 0 Å². The minimum atomic E-state index is -0.356. The predicted octanol–water partition coefficient (Wildman–Crippen LogP) is 1.28. The third kappa shape index (κ3) is 4.66. The number of amides is 2.